The standard InChI is InChI=1S/C28H39NO2S/c1-5-6-7-8-9-10-11-12-13-16-21-19-20-24-26(25(21)28(2,3)4)29(27(30)31)22-17-14-15-18-23(22)32-24/h14-15,17-20H,5-13,16H2,1-4H3,(H,30,31). The fraction of sp³-hybridized carbons (Fsp3) is 0.536. The van der Waals surface area contributed by atoms with Gasteiger partial charge in [0.2, 0.25) is 0 Å². The summed E-state index contributed by atoms with van der Waals surface area (Å²) in [6.07, 6.45) is 11.9. The van der Waals surface area contributed by atoms with Crippen molar-refractivity contribution >= 4 is 29.2 Å². The molecule has 1 amide bonds. The predicted molar refractivity (Wildman–Crippen MR) is 137 cm³/mol. The van der Waals surface area contributed by atoms with Gasteiger partial charge in [-0.05, 0) is 47.6 Å². The van der Waals surface area contributed by atoms with Crippen LogP contribution in [0.4, 0.5) is 16.2 Å². The fourth-order valence-electron chi connectivity index (χ4n) is 4.76. The van der Waals surface area contributed by atoms with Crippen molar-refractivity contribution < 1.29 is 9.90 Å². The van der Waals surface area contributed by atoms with Crippen molar-refractivity contribution in [3.05, 3.63) is 47.5 Å². The Morgan fingerprint density at radius 1 is 0.875 bits per heavy atom. The summed E-state index contributed by atoms with van der Waals surface area (Å²) in [4.78, 5) is 16.0. The van der Waals surface area contributed by atoms with E-state index in [4.69, 9.17) is 0 Å². The van der Waals surface area contributed by atoms with Crippen molar-refractivity contribution in [3.63, 3.8) is 0 Å². The molecule has 1 heterocycles. The number of anilines is 2. The molecule has 0 saturated heterocycles. The second-order valence-electron chi connectivity index (χ2n) is 9.96. The summed E-state index contributed by atoms with van der Waals surface area (Å²) in [6.45, 7) is 8.87. The largest absolute Gasteiger partial charge is 0.464 e. The maximum atomic E-state index is 12.4. The van der Waals surface area contributed by atoms with E-state index in [9.17, 15) is 9.90 Å². The average Bonchev–Trinajstić information content (AvgIpc) is 2.75. The highest BCUT2D eigenvalue weighted by Crippen LogP contribution is 2.52. The van der Waals surface area contributed by atoms with E-state index in [1.54, 1.807) is 11.8 Å². The summed E-state index contributed by atoms with van der Waals surface area (Å²) >= 11 is 1.68. The zero-order valence-electron chi connectivity index (χ0n) is 20.2. The van der Waals surface area contributed by atoms with Gasteiger partial charge in [0.05, 0.1) is 11.4 Å². The molecule has 3 rings (SSSR count). The number of amides is 1. The maximum absolute atomic E-state index is 12.4. The molecule has 0 atom stereocenters. The molecule has 0 saturated carbocycles. The number of hydrogen-bond donors (Lipinski definition) is 1. The van der Waals surface area contributed by atoms with Gasteiger partial charge in [0.1, 0.15) is 0 Å². The molecule has 32 heavy (non-hydrogen) atoms. The highest BCUT2D eigenvalue weighted by atomic mass is 32.2. The highest BCUT2D eigenvalue weighted by Gasteiger charge is 2.34. The van der Waals surface area contributed by atoms with Crippen LogP contribution in [-0.2, 0) is 11.8 Å². The zero-order chi connectivity index (χ0) is 23.1. The summed E-state index contributed by atoms with van der Waals surface area (Å²) in [6, 6.07) is 12.2. The van der Waals surface area contributed by atoms with Gasteiger partial charge in [0.15, 0.2) is 0 Å². The Hall–Kier alpha value is -1.94. The average molecular weight is 454 g/mol. The Morgan fingerprint density at radius 3 is 2.12 bits per heavy atom. The number of unbranched alkanes of at least 4 members (excludes halogenated alkanes) is 8. The lowest BCUT2D eigenvalue weighted by molar-refractivity contribution is 0.204. The summed E-state index contributed by atoms with van der Waals surface area (Å²) in [5.41, 5.74) is 3.97. The van der Waals surface area contributed by atoms with Crippen molar-refractivity contribution in [2.45, 2.75) is 107 Å². The van der Waals surface area contributed by atoms with Crippen LogP contribution < -0.4 is 4.90 Å². The molecule has 0 spiro atoms. The van der Waals surface area contributed by atoms with Crippen LogP contribution in [0.25, 0.3) is 0 Å². The molecule has 3 nitrogen and oxygen atoms in total. The van der Waals surface area contributed by atoms with Gasteiger partial charge < -0.3 is 5.11 Å². The molecule has 1 N–H and O–H groups in total. The van der Waals surface area contributed by atoms with Crippen LogP contribution in [0.1, 0.15) is 96.6 Å². The summed E-state index contributed by atoms with van der Waals surface area (Å²) < 4.78 is 0. The Bertz CT molecular complexity index is 916. The Labute approximate surface area is 198 Å². The lowest BCUT2D eigenvalue weighted by Crippen LogP contribution is -2.30. The van der Waals surface area contributed by atoms with E-state index in [2.05, 4.69) is 39.8 Å². The van der Waals surface area contributed by atoms with Gasteiger partial charge in [-0.15, -0.1) is 0 Å². The molecule has 174 valence electrons. The SMILES string of the molecule is CCCCCCCCCCCc1ccc2c(c1C(C)(C)C)N(C(=O)O)c1ccccc1S2. The molecular weight excluding hydrogens is 414 g/mol. The smallest absolute Gasteiger partial charge is 0.416 e. The normalized spacial score (nSPS) is 13.1. The van der Waals surface area contributed by atoms with Crippen LogP contribution in [-0.4, -0.2) is 11.2 Å². The maximum Gasteiger partial charge on any atom is 0.416 e. The lowest BCUT2D eigenvalue weighted by atomic mass is 9.80. The van der Waals surface area contributed by atoms with Crippen molar-refractivity contribution in [1.29, 1.82) is 0 Å². The van der Waals surface area contributed by atoms with Gasteiger partial charge >= 0.3 is 6.09 Å². The Kier molecular flexibility index (Phi) is 8.70. The number of benzene rings is 2. The lowest BCUT2D eigenvalue weighted by Gasteiger charge is -2.36. The highest BCUT2D eigenvalue weighted by molar-refractivity contribution is 7.99. The number of nitrogens with zero attached hydrogens (tertiary/aromatic N) is 1. The van der Waals surface area contributed by atoms with Crippen molar-refractivity contribution in [3.8, 4) is 0 Å². The fourth-order valence-corrected chi connectivity index (χ4v) is 5.83. The van der Waals surface area contributed by atoms with E-state index in [1.807, 2.05) is 24.3 Å². The third-order valence-electron chi connectivity index (χ3n) is 6.27. The number of carbonyl (C=O) groups is 1. The van der Waals surface area contributed by atoms with Crippen molar-refractivity contribution in [1.82, 2.24) is 0 Å². The van der Waals surface area contributed by atoms with Gasteiger partial charge in [0, 0.05) is 9.79 Å². The Balaban J connectivity index is 1.77. The molecule has 1 aliphatic heterocycles. The van der Waals surface area contributed by atoms with Gasteiger partial charge in [-0.3, -0.25) is 0 Å². The third kappa shape index (κ3) is 5.89. The van der Waals surface area contributed by atoms with Crippen LogP contribution in [0.2, 0.25) is 0 Å². The third-order valence-corrected chi connectivity index (χ3v) is 7.38. The van der Waals surface area contributed by atoms with Crippen LogP contribution in [0.3, 0.4) is 0 Å². The molecule has 0 fully saturated rings. The van der Waals surface area contributed by atoms with Crippen LogP contribution >= 0.6 is 11.8 Å². The first kappa shape index (κ1) is 24.7. The topological polar surface area (TPSA) is 40.5 Å². The zero-order valence-corrected chi connectivity index (χ0v) is 21.1. The minimum absolute atomic E-state index is 0.138. The van der Waals surface area contributed by atoms with E-state index in [-0.39, 0.29) is 5.41 Å². The first-order chi connectivity index (χ1) is 15.3. The van der Waals surface area contributed by atoms with E-state index in [0.717, 1.165) is 34.0 Å². The van der Waals surface area contributed by atoms with Gasteiger partial charge in [-0.1, -0.05) is 109 Å². The first-order valence-electron chi connectivity index (χ1n) is 12.3. The number of aryl methyl sites for hydroxylation is 1. The van der Waals surface area contributed by atoms with Crippen LogP contribution in [0.15, 0.2) is 46.2 Å². The molecule has 4 heteroatoms. The minimum atomic E-state index is -0.912. The summed E-state index contributed by atoms with van der Waals surface area (Å²) in [5.74, 6) is 0. The molecule has 0 aliphatic carbocycles. The van der Waals surface area contributed by atoms with Crippen LogP contribution in [0, 0.1) is 0 Å². The summed E-state index contributed by atoms with van der Waals surface area (Å²) in [7, 11) is 0. The molecule has 1 aliphatic rings. The predicted octanol–water partition coefficient (Wildman–Crippen LogP) is 9.34. The monoisotopic (exact) mass is 453 g/mol. The molecule has 2 aromatic carbocycles. The number of carboxylic acid groups (broad SMARTS) is 1. The molecule has 0 aromatic heterocycles. The number of para-hydroxylation sites is 1. The molecule has 0 bridgehead atoms. The van der Waals surface area contributed by atoms with E-state index >= 15 is 0 Å². The summed E-state index contributed by atoms with van der Waals surface area (Å²) in [5, 5.41) is 10.2. The minimum Gasteiger partial charge on any atom is -0.464 e. The number of fused-ring (bicyclic) bond motifs is 2. The van der Waals surface area contributed by atoms with Gasteiger partial charge in [-0.25, -0.2) is 9.69 Å². The Morgan fingerprint density at radius 2 is 1.50 bits per heavy atom. The number of rotatable bonds is 10. The number of hydrogen-bond acceptors (Lipinski definition) is 2. The van der Waals surface area contributed by atoms with Crippen molar-refractivity contribution in [2.24, 2.45) is 0 Å². The molecular formula is C28H39NO2S. The quantitative estimate of drug-likeness (QED) is 0.364. The van der Waals surface area contributed by atoms with Gasteiger partial charge in [-0.2, -0.15) is 0 Å². The van der Waals surface area contributed by atoms with Crippen LogP contribution in [0.5, 0.6) is 0 Å². The van der Waals surface area contributed by atoms with Crippen molar-refractivity contribution in [2.75, 3.05) is 4.90 Å². The van der Waals surface area contributed by atoms with E-state index in [0.29, 0.717) is 0 Å². The van der Waals surface area contributed by atoms with Gasteiger partial charge in [0.25, 0.3) is 0 Å². The second kappa shape index (κ2) is 11.3. The van der Waals surface area contributed by atoms with E-state index in [1.165, 1.54) is 67.4 Å². The van der Waals surface area contributed by atoms with E-state index < -0.39 is 6.09 Å². The molecule has 2 aromatic rings. The first-order valence-corrected chi connectivity index (χ1v) is 13.1. The second-order valence-corrected chi connectivity index (χ2v) is 11.0. The molecule has 0 radical (unpaired) electrons. The molecule has 0 unspecified atom stereocenters.